The molecule has 2 atom stereocenters. The molecule has 1 aliphatic rings. The molecule has 0 radical (unpaired) electrons. The van der Waals surface area contributed by atoms with Crippen LogP contribution in [-0.4, -0.2) is 55.6 Å². The maximum Gasteiger partial charge on any atom is 0.0387 e. The smallest absolute Gasteiger partial charge is 0.0387 e. The lowest BCUT2D eigenvalue weighted by Crippen LogP contribution is -2.59. The van der Waals surface area contributed by atoms with Crippen LogP contribution in [0.25, 0.3) is 0 Å². The van der Waals surface area contributed by atoms with Crippen LogP contribution in [0.2, 0.25) is 0 Å². The third-order valence-corrected chi connectivity index (χ3v) is 4.95. The molecule has 0 aromatic rings. The Hall–Kier alpha value is -0.160. The molecule has 4 nitrogen and oxygen atoms in total. The van der Waals surface area contributed by atoms with Crippen molar-refractivity contribution >= 4 is 0 Å². The van der Waals surface area contributed by atoms with Crippen molar-refractivity contribution in [2.24, 2.45) is 5.84 Å². The first-order valence-electron chi connectivity index (χ1n) is 9.04. The van der Waals surface area contributed by atoms with Crippen LogP contribution in [0.15, 0.2) is 0 Å². The van der Waals surface area contributed by atoms with E-state index >= 15 is 0 Å². The van der Waals surface area contributed by atoms with E-state index in [2.05, 4.69) is 36.2 Å². The van der Waals surface area contributed by atoms with Gasteiger partial charge in [-0.25, -0.2) is 0 Å². The van der Waals surface area contributed by atoms with Gasteiger partial charge in [-0.15, -0.1) is 0 Å². The van der Waals surface area contributed by atoms with Crippen LogP contribution in [0.1, 0.15) is 64.7 Å². The fourth-order valence-electron chi connectivity index (χ4n) is 3.36. The second kappa shape index (κ2) is 11.4. The molecule has 0 aliphatic carbocycles. The molecule has 1 fully saturated rings. The normalized spacial score (nSPS) is 22.6. The first kappa shape index (κ1) is 18.9. The zero-order valence-corrected chi connectivity index (χ0v) is 14.6. The fraction of sp³-hybridized carbons (Fsp3) is 1.00. The Labute approximate surface area is 132 Å². The van der Waals surface area contributed by atoms with Crippen molar-refractivity contribution in [3.63, 3.8) is 0 Å². The highest BCUT2D eigenvalue weighted by Gasteiger charge is 2.28. The monoisotopic (exact) mass is 298 g/mol. The zero-order chi connectivity index (χ0) is 15.5. The summed E-state index contributed by atoms with van der Waals surface area (Å²) in [4.78, 5) is 4.89. The molecule has 1 heterocycles. The predicted octanol–water partition coefficient (Wildman–Crippen LogP) is 2.59. The standard InChI is InChI=1S/C17H38N4/c1-4-5-6-7-8-9-10-11-12-16(19-18)17-15-20(2)13-14-21(17)3/h16-17,19H,4-15,18H2,1-3H3. The first-order chi connectivity index (χ1) is 10.2. The minimum atomic E-state index is 0.429. The number of likely N-dealkylation sites (N-methyl/N-ethyl adjacent to an activating group) is 2. The summed E-state index contributed by atoms with van der Waals surface area (Å²) in [5.41, 5.74) is 3.07. The predicted molar refractivity (Wildman–Crippen MR) is 92.3 cm³/mol. The SMILES string of the molecule is CCCCCCCCCCC(NN)C1CN(C)CCN1C. The summed E-state index contributed by atoms with van der Waals surface area (Å²) in [6.45, 7) is 5.72. The van der Waals surface area contributed by atoms with Gasteiger partial charge in [-0.1, -0.05) is 58.3 Å². The van der Waals surface area contributed by atoms with Crippen LogP contribution in [0.5, 0.6) is 0 Å². The van der Waals surface area contributed by atoms with E-state index in [1.807, 2.05) is 0 Å². The molecule has 3 N–H and O–H groups in total. The largest absolute Gasteiger partial charge is 0.303 e. The summed E-state index contributed by atoms with van der Waals surface area (Å²) in [7, 11) is 4.44. The molecule has 0 aromatic carbocycles. The summed E-state index contributed by atoms with van der Waals surface area (Å²) in [6, 6.07) is 0.983. The van der Waals surface area contributed by atoms with Crippen molar-refractivity contribution < 1.29 is 0 Å². The van der Waals surface area contributed by atoms with E-state index < -0.39 is 0 Å². The van der Waals surface area contributed by atoms with Crippen molar-refractivity contribution in [2.75, 3.05) is 33.7 Å². The first-order valence-corrected chi connectivity index (χ1v) is 9.04. The van der Waals surface area contributed by atoms with Crippen molar-refractivity contribution in [1.82, 2.24) is 15.2 Å². The van der Waals surface area contributed by atoms with Crippen LogP contribution >= 0.6 is 0 Å². The third-order valence-electron chi connectivity index (χ3n) is 4.95. The second-order valence-electron chi connectivity index (χ2n) is 6.85. The van der Waals surface area contributed by atoms with E-state index in [0.717, 1.165) is 13.1 Å². The molecule has 0 bridgehead atoms. The van der Waals surface area contributed by atoms with E-state index in [0.29, 0.717) is 12.1 Å². The van der Waals surface area contributed by atoms with Gasteiger partial charge in [0.15, 0.2) is 0 Å². The van der Waals surface area contributed by atoms with Crippen LogP contribution in [-0.2, 0) is 0 Å². The Morgan fingerprint density at radius 1 is 1.00 bits per heavy atom. The van der Waals surface area contributed by atoms with E-state index in [1.54, 1.807) is 0 Å². The highest BCUT2D eigenvalue weighted by Crippen LogP contribution is 2.16. The molecule has 0 spiro atoms. The molecule has 2 unspecified atom stereocenters. The van der Waals surface area contributed by atoms with Gasteiger partial charge < -0.3 is 4.90 Å². The van der Waals surface area contributed by atoms with Crippen LogP contribution in [0.4, 0.5) is 0 Å². The fourth-order valence-corrected chi connectivity index (χ4v) is 3.36. The Morgan fingerprint density at radius 3 is 2.24 bits per heavy atom. The number of hydrazine groups is 1. The van der Waals surface area contributed by atoms with Gasteiger partial charge >= 0.3 is 0 Å². The number of nitrogens with one attached hydrogen (secondary N) is 1. The van der Waals surface area contributed by atoms with Crippen molar-refractivity contribution in [1.29, 1.82) is 0 Å². The Bertz CT molecular complexity index is 247. The molecule has 4 heteroatoms. The highest BCUT2D eigenvalue weighted by molar-refractivity contribution is 4.87. The average Bonchev–Trinajstić information content (AvgIpc) is 2.49. The number of unbranched alkanes of at least 4 members (excludes halogenated alkanes) is 7. The molecule has 126 valence electrons. The van der Waals surface area contributed by atoms with Crippen molar-refractivity contribution in [3.8, 4) is 0 Å². The molecule has 21 heavy (non-hydrogen) atoms. The van der Waals surface area contributed by atoms with Gasteiger partial charge in [0, 0.05) is 31.7 Å². The lowest BCUT2D eigenvalue weighted by molar-refractivity contribution is 0.0845. The Kier molecular flexibility index (Phi) is 10.3. The number of nitrogens with zero attached hydrogens (tertiary/aromatic N) is 2. The number of hydrogen-bond acceptors (Lipinski definition) is 4. The van der Waals surface area contributed by atoms with Crippen molar-refractivity contribution in [2.45, 2.75) is 76.8 Å². The average molecular weight is 299 g/mol. The van der Waals surface area contributed by atoms with Gasteiger partial charge in [-0.2, -0.15) is 0 Å². The topological polar surface area (TPSA) is 44.5 Å². The molecular formula is C17H38N4. The van der Waals surface area contributed by atoms with Crippen LogP contribution in [0.3, 0.4) is 0 Å². The maximum absolute atomic E-state index is 5.81. The number of hydrogen-bond donors (Lipinski definition) is 2. The summed E-state index contributed by atoms with van der Waals surface area (Å²) < 4.78 is 0. The second-order valence-corrected chi connectivity index (χ2v) is 6.85. The quantitative estimate of drug-likeness (QED) is 0.350. The molecule has 0 amide bonds. The maximum atomic E-state index is 5.81. The highest BCUT2D eigenvalue weighted by atomic mass is 15.3. The molecular weight excluding hydrogens is 260 g/mol. The van der Waals surface area contributed by atoms with Crippen molar-refractivity contribution in [3.05, 3.63) is 0 Å². The number of rotatable bonds is 11. The summed E-state index contributed by atoms with van der Waals surface area (Å²) >= 11 is 0. The third kappa shape index (κ3) is 7.59. The minimum absolute atomic E-state index is 0.429. The zero-order valence-electron chi connectivity index (χ0n) is 14.6. The lowest BCUT2D eigenvalue weighted by Gasteiger charge is -2.41. The number of piperazine rings is 1. The van der Waals surface area contributed by atoms with Gasteiger partial charge in [-0.05, 0) is 20.5 Å². The molecule has 1 rings (SSSR count). The van der Waals surface area contributed by atoms with E-state index in [-0.39, 0.29) is 0 Å². The molecule has 1 saturated heterocycles. The van der Waals surface area contributed by atoms with Gasteiger partial charge in [-0.3, -0.25) is 16.2 Å². The summed E-state index contributed by atoms with van der Waals surface area (Å²) in [5.74, 6) is 5.81. The van der Waals surface area contributed by atoms with Crippen LogP contribution < -0.4 is 11.3 Å². The van der Waals surface area contributed by atoms with E-state index in [1.165, 1.54) is 64.3 Å². The summed E-state index contributed by atoms with van der Waals surface area (Å²) in [5, 5.41) is 0. The van der Waals surface area contributed by atoms with Gasteiger partial charge in [0.05, 0.1) is 0 Å². The number of nitrogens with two attached hydrogens (primary N) is 1. The van der Waals surface area contributed by atoms with Crippen LogP contribution in [0, 0.1) is 0 Å². The Balaban J connectivity index is 2.13. The summed E-state index contributed by atoms with van der Waals surface area (Å²) in [6.07, 6.45) is 12.2. The Morgan fingerprint density at radius 2 is 1.62 bits per heavy atom. The van der Waals surface area contributed by atoms with E-state index in [4.69, 9.17) is 5.84 Å². The van der Waals surface area contributed by atoms with Gasteiger partial charge in [0.1, 0.15) is 0 Å². The minimum Gasteiger partial charge on any atom is -0.303 e. The molecule has 0 saturated carbocycles. The molecule has 1 aliphatic heterocycles. The van der Waals surface area contributed by atoms with E-state index in [9.17, 15) is 0 Å². The van der Waals surface area contributed by atoms with Gasteiger partial charge in [0.25, 0.3) is 0 Å². The lowest BCUT2D eigenvalue weighted by atomic mass is 9.98. The van der Waals surface area contributed by atoms with Gasteiger partial charge in [0.2, 0.25) is 0 Å². The molecule has 0 aromatic heterocycles.